The third kappa shape index (κ3) is 3.11. The molecule has 0 amide bonds. The lowest BCUT2D eigenvalue weighted by Crippen LogP contribution is -2.64. The predicted octanol–water partition coefficient (Wildman–Crippen LogP) is 4.00. The first kappa shape index (κ1) is 14.9. The van der Waals surface area contributed by atoms with E-state index in [0.29, 0.717) is 11.6 Å². The SMILES string of the molecule is CCCc1ccc(N2CC(C)(C3CC3)NCC2CC)cc1. The Labute approximate surface area is 129 Å². The van der Waals surface area contributed by atoms with Gasteiger partial charge in [-0.25, -0.2) is 0 Å². The summed E-state index contributed by atoms with van der Waals surface area (Å²) in [6, 6.07) is 9.96. The molecule has 2 atom stereocenters. The van der Waals surface area contributed by atoms with Crippen molar-refractivity contribution >= 4 is 5.69 Å². The molecule has 0 radical (unpaired) electrons. The van der Waals surface area contributed by atoms with Crippen molar-refractivity contribution in [1.29, 1.82) is 0 Å². The number of aryl methyl sites for hydroxylation is 1. The molecule has 2 aliphatic rings. The van der Waals surface area contributed by atoms with Crippen LogP contribution in [0.5, 0.6) is 0 Å². The maximum Gasteiger partial charge on any atom is 0.0412 e. The van der Waals surface area contributed by atoms with Gasteiger partial charge in [0.15, 0.2) is 0 Å². The quantitative estimate of drug-likeness (QED) is 0.880. The summed E-state index contributed by atoms with van der Waals surface area (Å²) >= 11 is 0. The van der Waals surface area contributed by atoms with Crippen LogP contribution in [0.2, 0.25) is 0 Å². The zero-order chi connectivity index (χ0) is 14.9. The zero-order valence-electron chi connectivity index (χ0n) is 13.9. The lowest BCUT2D eigenvalue weighted by atomic mass is 9.90. The molecule has 21 heavy (non-hydrogen) atoms. The van der Waals surface area contributed by atoms with E-state index in [9.17, 15) is 0 Å². The molecule has 1 aromatic rings. The normalized spacial score (nSPS) is 29.7. The van der Waals surface area contributed by atoms with Gasteiger partial charge >= 0.3 is 0 Å². The number of anilines is 1. The molecule has 0 spiro atoms. The van der Waals surface area contributed by atoms with E-state index < -0.39 is 0 Å². The van der Waals surface area contributed by atoms with Crippen molar-refractivity contribution in [3.8, 4) is 0 Å². The molecule has 2 unspecified atom stereocenters. The third-order valence-corrected chi connectivity index (χ3v) is 5.44. The molecular formula is C19H30N2. The second kappa shape index (κ2) is 6.00. The predicted molar refractivity (Wildman–Crippen MR) is 91.0 cm³/mol. The van der Waals surface area contributed by atoms with Crippen LogP contribution >= 0.6 is 0 Å². The van der Waals surface area contributed by atoms with Crippen LogP contribution in [-0.2, 0) is 6.42 Å². The van der Waals surface area contributed by atoms with E-state index in [4.69, 9.17) is 0 Å². The van der Waals surface area contributed by atoms with Crippen molar-refractivity contribution in [1.82, 2.24) is 5.32 Å². The van der Waals surface area contributed by atoms with Gasteiger partial charge in [0.2, 0.25) is 0 Å². The summed E-state index contributed by atoms with van der Waals surface area (Å²) in [6.45, 7) is 9.27. The summed E-state index contributed by atoms with van der Waals surface area (Å²) in [5.74, 6) is 0.886. The summed E-state index contributed by atoms with van der Waals surface area (Å²) in [4.78, 5) is 2.66. The molecule has 1 N–H and O–H groups in total. The van der Waals surface area contributed by atoms with Gasteiger partial charge in [0, 0.05) is 30.4 Å². The van der Waals surface area contributed by atoms with Crippen molar-refractivity contribution < 1.29 is 0 Å². The molecule has 1 aliphatic carbocycles. The molecule has 1 aliphatic heterocycles. The number of rotatable bonds is 5. The lowest BCUT2D eigenvalue weighted by Gasteiger charge is -2.47. The highest BCUT2D eigenvalue weighted by Crippen LogP contribution is 2.42. The number of nitrogens with one attached hydrogen (secondary N) is 1. The van der Waals surface area contributed by atoms with E-state index in [1.165, 1.54) is 43.4 Å². The summed E-state index contributed by atoms with van der Waals surface area (Å²) < 4.78 is 0. The summed E-state index contributed by atoms with van der Waals surface area (Å²) in [6.07, 6.45) is 6.45. The van der Waals surface area contributed by atoms with Crippen molar-refractivity contribution in [2.45, 2.75) is 64.5 Å². The van der Waals surface area contributed by atoms with Crippen LogP contribution in [0.25, 0.3) is 0 Å². The van der Waals surface area contributed by atoms with Crippen LogP contribution < -0.4 is 10.2 Å². The van der Waals surface area contributed by atoms with Gasteiger partial charge in [0.25, 0.3) is 0 Å². The zero-order valence-corrected chi connectivity index (χ0v) is 13.9. The van der Waals surface area contributed by atoms with Crippen molar-refractivity contribution in [2.75, 3.05) is 18.0 Å². The van der Waals surface area contributed by atoms with Crippen LogP contribution in [0, 0.1) is 5.92 Å². The van der Waals surface area contributed by atoms with Crippen LogP contribution in [0.15, 0.2) is 24.3 Å². The second-order valence-electron chi connectivity index (χ2n) is 7.18. The Balaban J connectivity index is 1.78. The fraction of sp³-hybridized carbons (Fsp3) is 0.684. The average Bonchev–Trinajstić information content (AvgIpc) is 3.34. The molecule has 1 saturated carbocycles. The molecule has 2 fully saturated rings. The Morgan fingerprint density at radius 2 is 1.90 bits per heavy atom. The number of hydrogen-bond acceptors (Lipinski definition) is 2. The smallest absolute Gasteiger partial charge is 0.0412 e. The molecular weight excluding hydrogens is 256 g/mol. The van der Waals surface area contributed by atoms with Crippen LogP contribution in [-0.4, -0.2) is 24.7 Å². The van der Waals surface area contributed by atoms with Gasteiger partial charge in [-0.05, 0) is 56.2 Å². The first-order chi connectivity index (χ1) is 10.2. The van der Waals surface area contributed by atoms with E-state index in [0.717, 1.165) is 19.0 Å². The molecule has 3 rings (SSSR count). The molecule has 2 nitrogen and oxygen atoms in total. The number of piperazine rings is 1. The molecule has 2 heteroatoms. The average molecular weight is 286 g/mol. The van der Waals surface area contributed by atoms with Gasteiger partial charge in [0.05, 0.1) is 0 Å². The highest BCUT2D eigenvalue weighted by Gasteiger charge is 2.45. The Kier molecular flexibility index (Phi) is 4.26. The van der Waals surface area contributed by atoms with Crippen LogP contribution in [0.1, 0.15) is 52.0 Å². The first-order valence-electron chi connectivity index (χ1n) is 8.77. The summed E-state index contributed by atoms with van der Waals surface area (Å²) in [7, 11) is 0. The van der Waals surface area contributed by atoms with Gasteiger partial charge in [-0.2, -0.15) is 0 Å². The standard InChI is InChI=1S/C19H30N2/c1-4-6-15-7-11-18(12-8-15)21-14-19(3,16-9-10-16)20-13-17(21)5-2/h7-8,11-12,16-17,20H,4-6,9-10,13-14H2,1-3H3. The minimum atomic E-state index is 0.313. The fourth-order valence-electron chi connectivity index (χ4n) is 3.80. The fourth-order valence-corrected chi connectivity index (χ4v) is 3.80. The highest BCUT2D eigenvalue weighted by molar-refractivity contribution is 5.50. The van der Waals surface area contributed by atoms with E-state index >= 15 is 0 Å². The summed E-state index contributed by atoms with van der Waals surface area (Å²) in [5.41, 5.74) is 3.19. The lowest BCUT2D eigenvalue weighted by molar-refractivity contribution is 0.252. The molecule has 1 aromatic carbocycles. The van der Waals surface area contributed by atoms with E-state index in [-0.39, 0.29) is 0 Å². The maximum absolute atomic E-state index is 3.85. The Bertz CT molecular complexity index is 463. The number of benzene rings is 1. The third-order valence-electron chi connectivity index (χ3n) is 5.44. The summed E-state index contributed by atoms with van der Waals surface area (Å²) in [5, 5.41) is 3.85. The Morgan fingerprint density at radius 1 is 1.19 bits per heavy atom. The first-order valence-corrected chi connectivity index (χ1v) is 8.77. The number of nitrogens with zero attached hydrogens (tertiary/aromatic N) is 1. The van der Waals surface area contributed by atoms with Crippen LogP contribution in [0.3, 0.4) is 0 Å². The van der Waals surface area contributed by atoms with Gasteiger partial charge < -0.3 is 10.2 Å². The minimum absolute atomic E-state index is 0.313. The van der Waals surface area contributed by atoms with Crippen LogP contribution in [0.4, 0.5) is 5.69 Å². The second-order valence-corrected chi connectivity index (χ2v) is 7.18. The van der Waals surface area contributed by atoms with Gasteiger partial charge in [-0.1, -0.05) is 32.4 Å². The largest absolute Gasteiger partial charge is 0.365 e. The monoisotopic (exact) mass is 286 g/mol. The minimum Gasteiger partial charge on any atom is -0.365 e. The molecule has 0 aromatic heterocycles. The van der Waals surface area contributed by atoms with E-state index in [1.807, 2.05) is 0 Å². The molecule has 0 bridgehead atoms. The molecule has 1 saturated heterocycles. The Morgan fingerprint density at radius 3 is 2.48 bits per heavy atom. The van der Waals surface area contributed by atoms with Crippen molar-refractivity contribution in [3.63, 3.8) is 0 Å². The number of hydrogen-bond donors (Lipinski definition) is 1. The van der Waals surface area contributed by atoms with Gasteiger partial charge in [0.1, 0.15) is 0 Å². The van der Waals surface area contributed by atoms with E-state index in [1.54, 1.807) is 0 Å². The van der Waals surface area contributed by atoms with Crippen molar-refractivity contribution in [3.05, 3.63) is 29.8 Å². The van der Waals surface area contributed by atoms with E-state index in [2.05, 4.69) is 55.3 Å². The topological polar surface area (TPSA) is 15.3 Å². The molecule has 116 valence electrons. The highest BCUT2D eigenvalue weighted by atomic mass is 15.3. The Hall–Kier alpha value is -1.02. The van der Waals surface area contributed by atoms with Crippen molar-refractivity contribution in [2.24, 2.45) is 5.92 Å². The maximum atomic E-state index is 3.85. The molecule has 1 heterocycles. The van der Waals surface area contributed by atoms with Gasteiger partial charge in [-0.15, -0.1) is 0 Å². The van der Waals surface area contributed by atoms with Gasteiger partial charge in [-0.3, -0.25) is 0 Å².